The standard InChI is InChI=1S/C11H21N3O2/c1-6-11(5,15-7-2)8-13-9(16-14-8)10(3,4)12/h6-7,12H2,1-5H3. The van der Waals surface area contributed by atoms with Gasteiger partial charge in [0.1, 0.15) is 5.60 Å². The van der Waals surface area contributed by atoms with Crippen LogP contribution < -0.4 is 5.73 Å². The molecule has 0 amide bonds. The zero-order chi connectivity index (χ0) is 12.4. The second-order valence-electron chi connectivity index (χ2n) is 4.66. The number of ether oxygens (including phenoxy) is 1. The number of hydrogen-bond donors (Lipinski definition) is 1. The summed E-state index contributed by atoms with van der Waals surface area (Å²) in [4.78, 5) is 4.32. The smallest absolute Gasteiger partial charge is 0.246 e. The molecule has 1 atom stereocenters. The molecule has 0 spiro atoms. The average molecular weight is 227 g/mol. The van der Waals surface area contributed by atoms with Crippen molar-refractivity contribution in [2.75, 3.05) is 6.61 Å². The van der Waals surface area contributed by atoms with Crippen LogP contribution in [-0.2, 0) is 15.9 Å². The van der Waals surface area contributed by atoms with Gasteiger partial charge in [-0.2, -0.15) is 4.98 Å². The highest BCUT2D eigenvalue weighted by Crippen LogP contribution is 2.27. The molecule has 0 aromatic carbocycles. The summed E-state index contributed by atoms with van der Waals surface area (Å²) >= 11 is 0. The second-order valence-corrected chi connectivity index (χ2v) is 4.66. The van der Waals surface area contributed by atoms with Crippen molar-refractivity contribution in [3.05, 3.63) is 11.7 Å². The van der Waals surface area contributed by atoms with E-state index in [0.717, 1.165) is 6.42 Å². The topological polar surface area (TPSA) is 74.2 Å². The van der Waals surface area contributed by atoms with Crippen molar-refractivity contribution >= 4 is 0 Å². The van der Waals surface area contributed by atoms with Crippen molar-refractivity contribution < 1.29 is 9.26 Å². The normalized spacial score (nSPS) is 16.1. The number of nitrogens with zero attached hydrogens (tertiary/aromatic N) is 2. The molecule has 0 radical (unpaired) electrons. The van der Waals surface area contributed by atoms with Crippen molar-refractivity contribution in [2.24, 2.45) is 5.73 Å². The van der Waals surface area contributed by atoms with Crippen LogP contribution in [-0.4, -0.2) is 16.7 Å². The van der Waals surface area contributed by atoms with Gasteiger partial charge in [-0.15, -0.1) is 0 Å². The third-order valence-corrected chi connectivity index (χ3v) is 2.59. The van der Waals surface area contributed by atoms with E-state index in [2.05, 4.69) is 10.1 Å². The molecule has 1 rings (SSSR count). The Morgan fingerprint density at radius 2 is 1.94 bits per heavy atom. The van der Waals surface area contributed by atoms with Crippen LogP contribution in [0.2, 0.25) is 0 Å². The number of hydrogen-bond acceptors (Lipinski definition) is 5. The Labute approximate surface area is 96.4 Å². The van der Waals surface area contributed by atoms with E-state index in [-0.39, 0.29) is 0 Å². The largest absolute Gasteiger partial charge is 0.367 e. The van der Waals surface area contributed by atoms with Crippen molar-refractivity contribution in [2.45, 2.75) is 52.2 Å². The number of rotatable bonds is 5. The summed E-state index contributed by atoms with van der Waals surface area (Å²) in [5.41, 5.74) is 4.77. The Balaban J connectivity index is 3.00. The van der Waals surface area contributed by atoms with Gasteiger partial charge in [0.25, 0.3) is 0 Å². The maximum absolute atomic E-state index is 5.89. The fraction of sp³-hybridized carbons (Fsp3) is 0.818. The molecule has 0 aliphatic rings. The van der Waals surface area contributed by atoms with Crippen molar-refractivity contribution in [1.29, 1.82) is 0 Å². The first-order valence-corrected chi connectivity index (χ1v) is 5.61. The highest BCUT2D eigenvalue weighted by molar-refractivity contribution is 5.03. The molecule has 1 unspecified atom stereocenters. The predicted molar refractivity (Wildman–Crippen MR) is 60.8 cm³/mol. The molecule has 92 valence electrons. The average Bonchev–Trinajstić information content (AvgIpc) is 2.66. The molecule has 16 heavy (non-hydrogen) atoms. The van der Waals surface area contributed by atoms with E-state index < -0.39 is 11.1 Å². The van der Waals surface area contributed by atoms with Gasteiger partial charge < -0.3 is 15.0 Å². The van der Waals surface area contributed by atoms with Gasteiger partial charge in [0, 0.05) is 6.61 Å². The van der Waals surface area contributed by atoms with Gasteiger partial charge in [-0.3, -0.25) is 0 Å². The minimum atomic E-state index is -0.619. The summed E-state index contributed by atoms with van der Waals surface area (Å²) < 4.78 is 10.8. The number of aromatic nitrogens is 2. The summed E-state index contributed by atoms with van der Waals surface area (Å²) in [6.45, 7) is 10.2. The van der Waals surface area contributed by atoms with Crippen molar-refractivity contribution in [3.63, 3.8) is 0 Å². The molecule has 0 saturated carbocycles. The van der Waals surface area contributed by atoms with E-state index >= 15 is 0 Å². The lowest BCUT2D eigenvalue weighted by molar-refractivity contribution is -0.0403. The lowest BCUT2D eigenvalue weighted by atomic mass is 10.0. The van der Waals surface area contributed by atoms with Crippen molar-refractivity contribution in [3.8, 4) is 0 Å². The van der Waals surface area contributed by atoms with Crippen LogP contribution in [0.4, 0.5) is 0 Å². The first-order chi connectivity index (χ1) is 7.33. The Bertz CT molecular complexity index is 343. The highest BCUT2D eigenvalue weighted by atomic mass is 16.5. The van der Waals surface area contributed by atoms with Crippen LogP contribution in [0.5, 0.6) is 0 Å². The Morgan fingerprint density at radius 3 is 2.31 bits per heavy atom. The SMILES string of the molecule is CCOC(C)(CC)c1noc(C(C)(C)N)n1. The summed E-state index contributed by atoms with van der Waals surface area (Å²) in [5, 5.41) is 3.95. The first-order valence-electron chi connectivity index (χ1n) is 5.61. The van der Waals surface area contributed by atoms with Gasteiger partial charge in [0.15, 0.2) is 0 Å². The maximum atomic E-state index is 5.89. The van der Waals surface area contributed by atoms with Gasteiger partial charge in [-0.05, 0) is 34.1 Å². The van der Waals surface area contributed by atoms with E-state index in [9.17, 15) is 0 Å². The molecule has 1 aromatic heterocycles. The molecule has 5 nitrogen and oxygen atoms in total. The summed E-state index contributed by atoms with van der Waals surface area (Å²) in [6.07, 6.45) is 0.783. The maximum Gasteiger partial charge on any atom is 0.246 e. The van der Waals surface area contributed by atoms with E-state index in [4.69, 9.17) is 15.0 Å². The van der Waals surface area contributed by atoms with Crippen LogP contribution in [0, 0.1) is 0 Å². The van der Waals surface area contributed by atoms with Crippen LogP contribution in [0.3, 0.4) is 0 Å². The minimum absolute atomic E-state index is 0.432. The summed E-state index contributed by atoms with van der Waals surface area (Å²) in [6, 6.07) is 0. The van der Waals surface area contributed by atoms with Crippen LogP contribution in [0.25, 0.3) is 0 Å². The predicted octanol–water partition coefficient (Wildman–Crippen LogP) is 1.93. The van der Waals surface area contributed by atoms with Gasteiger partial charge >= 0.3 is 0 Å². The fourth-order valence-corrected chi connectivity index (χ4v) is 1.34. The van der Waals surface area contributed by atoms with E-state index in [0.29, 0.717) is 18.3 Å². The fourth-order valence-electron chi connectivity index (χ4n) is 1.34. The summed E-state index contributed by atoms with van der Waals surface area (Å²) in [7, 11) is 0. The third-order valence-electron chi connectivity index (χ3n) is 2.59. The van der Waals surface area contributed by atoms with Gasteiger partial charge in [-0.25, -0.2) is 0 Å². The molecule has 2 N–H and O–H groups in total. The highest BCUT2D eigenvalue weighted by Gasteiger charge is 2.33. The van der Waals surface area contributed by atoms with Crippen molar-refractivity contribution in [1.82, 2.24) is 10.1 Å². The lowest BCUT2D eigenvalue weighted by Gasteiger charge is -2.24. The van der Waals surface area contributed by atoms with Crippen LogP contribution >= 0.6 is 0 Å². The zero-order valence-corrected chi connectivity index (χ0v) is 10.7. The molecule has 0 fully saturated rings. The zero-order valence-electron chi connectivity index (χ0n) is 10.7. The van der Waals surface area contributed by atoms with E-state index in [1.165, 1.54) is 0 Å². The minimum Gasteiger partial charge on any atom is -0.367 e. The Kier molecular flexibility index (Phi) is 3.70. The number of nitrogens with two attached hydrogens (primary N) is 1. The molecule has 0 aliphatic heterocycles. The summed E-state index contributed by atoms with van der Waals surface area (Å²) in [5.74, 6) is 0.993. The first kappa shape index (κ1) is 13.1. The Hall–Kier alpha value is -0.940. The molecule has 0 aliphatic carbocycles. The molecule has 5 heteroatoms. The van der Waals surface area contributed by atoms with Crippen LogP contribution in [0.1, 0.15) is 52.8 Å². The monoisotopic (exact) mass is 227 g/mol. The van der Waals surface area contributed by atoms with E-state index in [1.807, 2.05) is 34.6 Å². The molecule has 0 bridgehead atoms. The molecular formula is C11H21N3O2. The quantitative estimate of drug-likeness (QED) is 0.831. The van der Waals surface area contributed by atoms with Gasteiger partial charge in [-0.1, -0.05) is 12.1 Å². The van der Waals surface area contributed by atoms with Gasteiger partial charge in [0.2, 0.25) is 11.7 Å². The molecule has 0 saturated heterocycles. The Morgan fingerprint density at radius 1 is 1.31 bits per heavy atom. The molecule has 1 aromatic rings. The van der Waals surface area contributed by atoms with E-state index in [1.54, 1.807) is 0 Å². The molecular weight excluding hydrogens is 206 g/mol. The lowest BCUT2D eigenvalue weighted by Crippen LogP contribution is -2.30. The molecule has 1 heterocycles. The van der Waals surface area contributed by atoms with Gasteiger partial charge in [0.05, 0.1) is 5.54 Å². The van der Waals surface area contributed by atoms with Crippen LogP contribution in [0.15, 0.2) is 4.52 Å². The second kappa shape index (κ2) is 4.51. The third kappa shape index (κ3) is 2.59.